The van der Waals surface area contributed by atoms with Crippen LogP contribution in [0, 0.1) is 0 Å². The number of piperidine rings is 1. The second-order valence-corrected chi connectivity index (χ2v) is 6.74. The van der Waals surface area contributed by atoms with Crippen molar-refractivity contribution in [2.24, 2.45) is 0 Å². The molecular weight excluding hydrogens is 270 g/mol. The third kappa shape index (κ3) is 4.17. The van der Waals surface area contributed by atoms with E-state index >= 15 is 0 Å². The first-order chi connectivity index (χ1) is 10.8. The van der Waals surface area contributed by atoms with Gasteiger partial charge >= 0.3 is 0 Å². The van der Waals surface area contributed by atoms with E-state index in [2.05, 4.69) is 46.1 Å². The molecule has 2 heterocycles. The second-order valence-electron chi connectivity index (χ2n) is 6.74. The van der Waals surface area contributed by atoms with E-state index in [1.807, 2.05) is 12.3 Å². The lowest BCUT2D eigenvalue weighted by Crippen LogP contribution is -2.47. The molecule has 1 atom stereocenters. The minimum atomic E-state index is 0.679. The molecule has 1 aromatic heterocycles. The van der Waals surface area contributed by atoms with Gasteiger partial charge in [-0.15, -0.1) is 0 Å². The van der Waals surface area contributed by atoms with Gasteiger partial charge in [-0.3, -0.25) is 9.88 Å². The van der Waals surface area contributed by atoms with Crippen LogP contribution < -0.4 is 0 Å². The van der Waals surface area contributed by atoms with Gasteiger partial charge in [0.2, 0.25) is 0 Å². The van der Waals surface area contributed by atoms with Crippen LogP contribution in [0.4, 0.5) is 0 Å². The molecule has 0 bridgehead atoms. The van der Waals surface area contributed by atoms with E-state index in [-0.39, 0.29) is 0 Å². The molecule has 0 radical (unpaired) electrons. The van der Waals surface area contributed by atoms with Gasteiger partial charge in [-0.1, -0.05) is 18.2 Å². The molecule has 3 heteroatoms. The Morgan fingerprint density at radius 3 is 2.77 bits per heavy atom. The van der Waals surface area contributed by atoms with E-state index in [4.69, 9.17) is 0 Å². The molecule has 2 aliphatic rings. The number of hydrogen-bond donors (Lipinski definition) is 0. The lowest BCUT2D eigenvalue weighted by Gasteiger charge is -2.40. The average molecular weight is 299 g/mol. The van der Waals surface area contributed by atoms with Gasteiger partial charge in [0, 0.05) is 36.9 Å². The van der Waals surface area contributed by atoms with E-state index in [1.165, 1.54) is 50.9 Å². The fourth-order valence-corrected chi connectivity index (χ4v) is 3.77. The molecule has 120 valence electrons. The first-order valence-corrected chi connectivity index (χ1v) is 8.84. The molecule has 1 aliphatic heterocycles. The summed E-state index contributed by atoms with van der Waals surface area (Å²) in [4.78, 5) is 9.66. The van der Waals surface area contributed by atoms with Gasteiger partial charge in [0.05, 0.1) is 0 Å². The second kappa shape index (κ2) is 7.89. The molecule has 0 spiro atoms. The normalized spacial score (nSPS) is 24.0. The highest BCUT2D eigenvalue weighted by Crippen LogP contribution is 2.22. The molecule has 0 saturated carbocycles. The maximum absolute atomic E-state index is 4.42. The molecule has 1 saturated heterocycles. The van der Waals surface area contributed by atoms with Crippen LogP contribution in [0.15, 0.2) is 36.5 Å². The molecule has 3 rings (SSSR count). The van der Waals surface area contributed by atoms with Crippen molar-refractivity contribution in [2.75, 3.05) is 26.7 Å². The number of hydrogen-bond acceptors (Lipinski definition) is 3. The van der Waals surface area contributed by atoms with Gasteiger partial charge in [-0.05, 0) is 64.4 Å². The van der Waals surface area contributed by atoms with Crippen molar-refractivity contribution in [1.29, 1.82) is 0 Å². The van der Waals surface area contributed by atoms with E-state index in [0.717, 1.165) is 19.0 Å². The highest BCUT2D eigenvalue weighted by atomic mass is 15.2. The highest BCUT2D eigenvalue weighted by Gasteiger charge is 2.26. The summed E-state index contributed by atoms with van der Waals surface area (Å²) < 4.78 is 0. The van der Waals surface area contributed by atoms with Gasteiger partial charge in [-0.25, -0.2) is 0 Å². The summed E-state index contributed by atoms with van der Waals surface area (Å²) in [5.74, 6) is 0. The zero-order valence-corrected chi connectivity index (χ0v) is 13.8. The molecule has 0 N–H and O–H groups in total. The molecular formula is C19H29N3. The topological polar surface area (TPSA) is 19.4 Å². The van der Waals surface area contributed by atoms with Crippen LogP contribution in [0.25, 0.3) is 0 Å². The molecule has 0 amide bonds. The number of allylic oxidation sites excluding steroid dienone is 1. The Balaban J connectivity index is 1.42. The zero-order chi connectivity index (χ0) is 15.2. The van der Waals surface area contributed by atoms with Crippen molar-refractivity contribution in [3.05, 3.63) is 42.2 Å². The molecule has 1 aliphatic carbocycles. The van der Waals surface area contributed by atoms with Crippen LogP contribution in [0.2, 0.25) is 0 Å². The summed E-state index contributed by atoms with van der Waals surface area (Å²) >= 11 is 0. The van der Waals surface area contributed by atoms with Crippen molar-refractivity contribution in [2.45, 2.75) is 50.6 Å². The Hall–Kier alpha value is -1.19. The van der Waals surface area contributed by atoms with Crippen molar-refractivity contribution in [3.8, 4) is 0 Å². The number of nitrogens with zero attached hydrogens (tertiary/aromatic N) is 3. The molecule has 3 nitrogen and oxygen atoms in total. The SMILES string of the molecule is CN(C1C=CCCC1)C1CCN(CCc2ccccn2)CC1. The van der Waals surface area contributed by atoms with E-state index in [1.54, 1.807) is 0 Å². The van der Waals surface area contributed by atoms with E-state index in [0.29, 0.717) is 6.04 Å². The van der Waals surface area contributed by atoms with Gasteiger partial charge in [0.25, 0.3) is 0 Å². The minimum absolute atomic E-state index is 0.679. The third-order valence-corrected chi connectivity index (χ3v) is 5.30. The summed E-state index contributed by atoms with van der Waals surface area (Å²) in [6, 6.07) is 7.65. The van der Waals surface area contributed by atoms with E-state index in [9.17, 15) is 0 Å². The van der Waals surface area contributed by atoms with E-state index < -0.39 is 0 Å². The Labute approximate surface area is 135 Å². The highest BCUT2D eigenvalue weighted by molar-refractivity contribution is 5.04. The fraction of sp³-hybridized carbons (Fsp3) is 0.632. The maximum atomic E-state index is 4.42. The molecule has 1 fully saturated rings. The summed E-state index contributed by atoms with van der Waals surface area (Å²) in [5.41, 5.74) is 1.22. The standard InChI is InChI=1S/C19H29N3/c1-21(18-8-3-2-4-9-18)19-11-15-22(16-12-19)14-10-17-7-5-6-13-20-17/h3,5-8,13,18-19H,2,4,9-12,14-16H2,1H3. The van der Waals surface area contributed by atoms with Crippen LogP contribution >= 0.6 is 0 Å². The largest absolute Gasteiger partial charge is 0.303 e. The number of likely N-dealkylation sites (N-methyl/N-ethyl adjacent to an activating group) is 1. The number of rotatable bonds is 5. The van der Waals surface area contributed by atoms with Crippen LogP contribution in [-0.4, -0.2) is 53.5 Å². The number of aromatic nitrogens is 1. The van der Waals surface area contributed by atoms with Crippen LogP contribution in [0.1, 0.15) is 37.8 Å². The van der Waals surface area contributed by atoms with Crippen molar-refractivity contribution in [1.82, 2.24) is 14.8 Å². The molecule has 0 aromatic carbocycles. The number of pyridine rings is 1. The van der Waals surface area contributed by atoms with Gasteiger partial charge in [-0.2, -0.15) is 0 Å². The monoisotopic (exact) mass is 299 g/mol. The van der Waals surface area contributed by atoms with Crippen LogP contribution in [0.3, 0.4) is 0 Å². The smallest absolute Gasteiger partial charge is 0.0416 e. The van der Waals surface area contributed by atoms with Crippen LogP contribution in [0.5, 0.6) is 0 Å². The summed E-state index contributed by atoms with van der Waals surface area (Å²) in [6.45, 7) is 3.62. The summed E-state index contributed by atoms with van der Waals surface area (Å²) in [6.07, 6.45) is 14.4. The summed E-state index contributed by atoms with van der Waals surface area (Å²) in [7, 11) is 2.33. The average Bonchev–Trinajstić information content (AvgIpc) is 2.61. The first-order valence-electron chi connectivity index (χ1n) is 8.84. The Morgan fingerprint density at radius 2 is 2.09 bits per heavy atom. The summed E-state index contributed by atoms with van der Waals surface area (Å²) in [5, 5.41) is 0. The van der Waals surface area contributed by atoms with Crippen molar-refractivity contribution in [3.63, 3.8) is 0 Å². The Morgan fingerprint density at radius 1 is 1.23 bits per heavy atom. The lowest BCUT2D eigenvalue weighted by atomic mass is 9.96. The lowest BCUT2D eigenvalue weighted by molar-refractivity contribution is 0.106. The predicted molar refractivity (Wildman–Crippen MR) is 91.9 cm³/mol. The minimum Gasteiger partial charge on any atom is -0.303 e. The quantitative estimate of drug-likeness (QED) is 0.779. The maximum Gasteiger partial charge on any atom is 0.0416 e. The van der Waals surface area contributed by atoms with Gasteiger partial charge in [0.1, 0.15) is 0 Å². The van der Waals surface area contributed by atoms with Crippen molar-refractivity contribution >= 4 is 0 Å². The van der Waals surface area contributed by atoms with Gasteiger partial charge < -0.3 is 4.90 Å². The van der Waals surface area contributed by atoms with Crippen molar-refractivity contribution < 1.29 is 0 Å². The molecule has 22 heavy (non-hydrogen) atoms. The predicted octanol–water partition coefficient (Wildman–Crippen LogP) is 3.13. The molecule has 1 aromatic rings. The Kier molecular flexibility index (Phi) is 5.63. The van der Waals surface area contributed by atoms with Gasteiger partial charge in [0.15, 0.2) is 0 Å². The zero-order valence-electron chi connectivity index (χ0n) is 13.8. The number of likely N-dealkylation sites (tertiary alicyclic amines) is 1. The Bertz CT molecular complexity index is 463. The molecule has 1 unspecified atom stereocenters. The third-order valence-electron chi connectivity index (χ3n) is 5.30. The van der Waals surface area contributed by atoms with Crippen LogP contribution in [-0.2, 0) is 6.42 Å². The first kappa shape index (κ1) is 15.7. The fourth-order valence-electron chi connectivity index (χ4n) is 3.77.